The van der Waals surface area contributed by atoms with Crippen LogP contribution in [-0.4, -0.2) is 26.7 Å². The third-order valence-electron chi connectivity index (χ3n) is 2.40. The highest BCUT2D eigenvalue weighted by Crippen LogP contribution is 2.16. The van der Waals surface area contributed by atoms with E-state index in [4.69, 9.17) is 4.74 Å². The zero-order chi connectivity index (χ0) is 12.5. The molecule has 0 aliphatic carbocycles. The van der Waals surface area contributed by atoms with Crippen LogP contribution in [0.5, 0.6) is 5.75 Å². The Kier molecular flexibility index (Phi) is 5.93. The lowest BCUT2D eigenvalue weighted by molar-refractivity contribution is 0.409. The van der Waals surface area contributed by atoms with Crippen molar-refractivity contribution in [3.8, 4) is 5.75 Å². The number of methoxy groups -OCH3 is 1. The third kappa shape index (κ3) is 4.34. The van der Waals surface area contributed by atoms with Crippen molar-refractivity contribution in [3.05, 3.63) is 29.8 Å². The van der Waals surface area contributed by atoms with Crippen LogP contribution in [0.25, 0.3) is 0 Å². The fraction of sp³-hybridized carbons (Fsp3) is 0.462. The number of hydrogen-bond donors (Lipinski definition) is 2. The number of guanidine groups is 1. The van der Waals surface area contributed by atoms with E-state index in [1.165, 1.54) is 0 Å². The molecule has 0 spiro atoms. The molecule has 2 N–H and O–H groups in total. The Morgan fingerprint density at radius 2 is 2.06 bits per heavy atom. The normalized spacial score (nSPS) is 11.1. The summed E-state index contributed by atoms with van der Waals surface area (Å²) < 4.78 is 5.29. The molecule has 1 rings (SSSR count). The minimum Gasteiger partial charge on any atom is -0.496 e. The van der Waals surface area contributed by atoms with Crippen LogP contribution in [0.1, 0.15) is 18.9 Å². The van der Waals surface area contributed by atoms with Crippen molar-refractivity contribution in [2.75, 3.05) is 20.7 Å². The van der Waals surface area contributed by atoms with E-state index in [1.54, 1.807) is 14.2 Å². The second-order valence-corrected chi connectivity index (χ2v) is 3.66. The van der Waals surface area contributed by atoms with Gasteiger partial charge >= 0.3 is 0 Å². The quantitative estimate of drug-likeness (QED) is 0.604. The van der Waals surface area contributed by atoms with Gasteiger partial charge in [-0.1, -0.05) is 25.1 Å². The van der Waals surface area contributed by atoms with Crippen molar-refractivity contribution in [3.63, 3.8) is 0 Å². The summed E-state index contributed by atoms with van der Waals surface area (Å²) in [7, 11) is 3.45. The van der Waals surface area contributed by atoms with Crippen LogP contribution >= 0.6 is 0 Å². The summed E-state index contributed by atoms with van der Waals surface area (Å²) in [6, 6.07) is 7.96. The number of benzene rings is 1. The average Bonchev–Trinajstić information content (AvgIpc) is 2.39. The molecule has 0 atom stereocenters. The van der Waals surface area contributed by atoms with Crippen LogP contribution in [0, 0.1) is 0 Å². The SMILES string of the molecule is CCCNC(=NC)NCc1ccccc1OC. The summed E-state index contributed by atoms with van der Waals surface area (Å²) in [5.41, 5.74) is 1.12. The Morgan fingerprint density at radius 1 is 1.29 bits per heavy atom. The smallest absolute Gasteiger partial charge is 0.191 e. The first-order valence-electron chi connectivity index (χ1n) is 5.88. The largest absolute Gasteiger partial charge is 0.496 e. The maximum Gasteiger partial charge on any atom is 0.191 e. The summed E-state index contributed by atoms with van der Waals surface area (Å²) in [4.78, 5) is 4.15. The van der Waals surface area contributed by atoms with E-state index >= 15 is 0 Å². The molecule has 0 bridgehead atoms. The number of rotatable bonds is 5. The molecule has 1 aromatic rings. The summed E-state index contributed by atoms with van der Waals surface area (Å²) >= 11 is 0. The molecule has 4 nitrogen and oxygen atoms in total. The maximum absolute atomic E-state index is 5.29. The van der Waals surface area contributed by atoms with Crippen LogP contribution in [0.2, 0.25) is 0 Å². The van der Waals surface area contributed by atoms with E-state index in [9.17, 15) is 0 Å². The van der Waals surface area contributed by atoms with Gasteiger partial charge in [0.25, 0.3) is 0 Å². The van der Waals surface area contributed by atoms with E-state index in [0.29, 0.717) is 6.54 Å². The lowest BCUT2D eigenvalue weighted by Gasteiger charge is -2.13. The summed E-state index contributed by atoms with van der Waals surface area (Å²) in [6.07, 6.45) is 1.08. The van der Waals surface area contributed by atoms with Crippen molar-refractivity contribution in [2.24, 2.45) is 4.99 Å². The first-order valence-corrected chi connectivity index (χ1v) is 5.88. The van der Waals surface area contributed by atoms with Gasteiger partial charge in [-0.2, -0.15) is 0 Å². The molecule has 0 aliphatic heterocycles. The van der Waals surface area contributed by atoms with Gasteiger partial charge in [0.2, 0.25) is 0 Å². The molecule has 17 heavy (non-hydrogen) atoms. The molecule has 0 aliphatic rings. The van der Waals surface area contributed by atoms with Gasteiger partial charge in [-0.3, -0.25) is 4.99 Å². The molecule has 0 saturated heterocycles. The molecule has 0 radical (unpaired) electrons. The van der Waals surface area contributed by atoms with Crippen LogP contribution in [0.3, 0.4) is 0 Å². The number of nitrogens with one attached hydrogen (secondary N) is 2. The van der Waals surface area contributed by atoms with Crippen molar-refractivity contribution in [1.29, 1.82) is 0 Å². The fourth-order valence-electron chi connectivity index (χ4n) is 1.49. The van der Waals surface area contributed by atoms with Gasteiger partial charge in [0.1, 0.15) is 5.75 Å². The Labute approximate surface area is 103 Å². The zero-order valence-corrected chi connectivity index (χ0v) is 10.8. The average molecular weight is 235 g/mol. The summed E-state index contributed by atoms with van der Waals surface area (Å²) in [6.45, 7) is 3.75. The predicted molar refractivity (Wildman–Crippen MR) is 71.5 cm³/mol. The number of nitrogens with zero attached hydrogens (tertiary/aromatic N) is 1. The third-order valence-corrected chi connectivity index (χ3v) is 2.40. The lowest BCUT2D eigenvalue weighted by Crippen LogP contribution is -2.37. The fourth-order valence-corrected chi connectivity index (χ4v) is 1.49. The van der Waals surface area contributed by atoms with Crippen LogP contribution in [0.4, 0.5) is 0 Å². The molecular formula is C13H21N3O. The van der Waals surface area contributed by atoms with E-state index < -0.39 is 0 Å². The van der Waals surface area contributed by atoms with Crippen molar-refractivity contribution in [2.45, 2.75) is 19.9 Å². The highest BCUT2D eigenvalue weighted by atomic mass is 16.5. The second kappa shape index (κ2) is 7.54. The van der Waals surface area contributed by atoms with Gasteiger partial charge in [0.05, 0.1) is 7.11 Å². The molecule has 0 fully saturated rings. The topological polar surface area (TPSA) is 45.7 Å². The van der Waals surface area contributed by atoms with E-state index in [0.717, 1.165) is 30.2 Å². The molecule has 94 valence electrons. The maximum atomic E-state index is 5.29. The van der Waals surface area contributed by atoms with Crippen LogP contribution < -0.4 is 15.4 Å². The van der Waals surface area contributed by atoms with E-state index in [-0.39, 0.29) is 0 Å². The lowest BCUT2D eigenvalue weighted by atomic mass is 10.2. The highest BCUT2D eigenvalue weighted by molar-refractivity contribution is 5.79. The van der Waals surface area contributed by atoms with E-state index in [1.807, 2.05) is 24.3 Å². The summed E-state index contributed by atoms with van der Waals surface area (Å²) in [5, 5.41) is 6.48. The molecule has 1 aromatic carbocycles. The van der Waals surface area contributed by atoms with Gasteiger partial charge in [-0.05, 0) is 12.5 Å². The first kappa shape index (κ1) is 13.4. The van der Waals surface area contributed by atoms with Crippen LogP contribution in [-0.2, 0) is 6.54 Å². The highest BCUT2D eigenvalue weighted by Gasteiger charge is 2.02. The number of ether oxygens (including phenoxy) is 1. The van der Waals surface area contributed by atoms with E-state index in [2.05, 4.69) is 22.5 Å². The van der Waals surface area contributed by atoms with Crippen molar-refractivity contribution >= 4 is 5.96 Å². The van der Waals surface area contributed by atoms with Crippen LogP contribution in [0.15, 0.2) is 29.3 Å². The molecule has 0 saturated carbocycles. The summed E-state index contributed by atoms with van der Waals surface area (Å²) in [5.74, 6) is 1.71. The number of para-hydroxylation sites is 1. The molecule has 0 amide bonds. The van der Waals surface area contributed by atoms with Crippen molar-refractivity contribution < 1.29 is 4.74 Å². The zero-order valence-electron chi connectivity index (χ0n) is 10.8. The second-order valence-electron chi connectivity index (χ2n) is 3.66. The molecule has 0 aromatic heterocycles. The van der Waals surface area contributed by atoms with Gasteiger partial charge in [0, 0.05) is 25.7 Å². The minimum atomic E-state index is 0.702. The standard InChI is InChI=1S/C13H21N3O/c1-4-9-15-13(14-2)16-10-11-7-5-6-8-12(11)17-3/h5-8H,4,9-10H2,1-3H3,(H2,14,15,16). The Bertz CT molecular complexity index is 363. The number of aliphatic imine (C=N–C) groups is 1. The molecular weight excluding hydrogens is 214 g/mol. The Hall–Kier alpha value is -1.71. The Balaban J connectivity index is 2.54. The number of hydrogen-bond acceptors (Lipinski definition) is 2. The predicted octanol–water partition coefficient (Wildman–Crippen LogP) is 1.77. The van der Waals surface area contributed by atoms with Gasteiger partial charge in [-0.25, -0.2) is 0 Å². The van der Waals surface area contributed by atoms with Gasteiger partial charge in [-0.15, -0.1) is 0 Å². The Morgan fingerprint density at radius 3 is 2.71 bits per heavy atom. The minimum absolute atomic E-state index is 0.702. The van der Waals surface area contributed by atoms with Crippen molar-refractivity contribution in [1.82, 2.24) is 10.6 Å². The molecule has 0 unspecified atom stereocenters. The molecule has 0 heterocycles. The molecule has 4 heteroatoms. The van der Waals surface area contributed by atoms with Gasteiger partial charge < -0.3 is 15.4 Å². The monoisotopic (exact) mass is 235 g/mol. The first-order chi connectivity index (χ1) is 8.31. The van der Waals surface area contributed by atoms with Gasteiger partial charge in [0.15, 0.2) is 5.96 Å².